The van der Waals surface area contributed by atoms with E-state index in [9.17, 15) is 0 Å². The quantitative estimate of drug-likeness (QED) is 0.719. The molecule has 21 heavy (non-hydrogen) atoms. The van der Waals surface area contributed by atoms with Crippen molar-refractivity contribution in [3.8, 4) is 0 Å². The van der Waals surface area contributed by atoms with Crippen LogP contribution >= 0.6 is 0 Å². The van der Waals surface area contributed by atoms with Crippen molar-refractivity contribution in [2.24, 2.45) is 7.05 Å². The smallest absolute Gasteiger partial charge is 0.163 e. The molecule has 0 bridgehead atoms. The van der Waals surface area contributed by atoms with Crippen molar-refractivity contribution in [2.45, 2.75) is 18.9 Å². The van der Waals surface area contributed by atoms with Crippen molar-refractivity contribution in [3.63, 3.8) is 0 Å². The van der Waals surface area contributed by atoms with Gasteiger partial charge in [0.2, 0.25) is 0 Å². The molecule has 3 aromatic rings. The molecule has 0 aromatic carbocycles. The summed E-state index contributed by atoms with van der Waals surface area (Å²) in [6, 6.07) is 6.36. The molecule has 1 aliphatic rings. The molecule has 4 heterocycles. The van der Waals surface area contributed by atoms with Gasteiger partial charge in [-0.05, 0) is 25.0 Å². The van der Waals surface area contributed by atoms with Gasteiger partial charge in [0.15, 0.2) is 5.65 Å². The van der Waals surface area contributed by atoms with Gasteiger partial charge in [-0.2, -0.15) is 5.10 Å². The first-order chi connectivity index (χ1) is 10.3. The Kier molecular flexibility index (Phi) is 2.80. The lowest BCUT2D eigenvalue weighted by Crippen LogP contribution is -2.24. The minimum atomic E-state index is 0.282. The first-order valence-electron chi connectivity index (χ1n) is 7.15. The number of hydrogen-bond donors (Lipinski definition) is 0. The molecule has 0 spiro atoms. The monoisotopic (exact) mass is 280 g/mol. The fourth-order valence-corrected chi connectivity index (χ4v) is 3.08. The van der Waals surface area contributed by atoms with E-state index in [4.69, 9.17) is 0 Å². The van der Waals surface area contributed by atoms with Crippen LogP contribution in [-0.2, 0) is 7.05 Å². The first-order valence-corrected chi connectivity index (χ1v) is 7.15. The van der Waals surface area contributed by atoms with Gasteiger partial charge in [-0.15, -0.1) is 0 Å². The third kappa shape index (κ3) is 1.94. The summed E-state index contributed by atoms with van der Waals surface area (Å²) in [5.74, 6) is 0.959. The maximum atomic E-state index is 4.52. The summed E-state index contributed by atoms with van der Waals surface area (Å²) in [4.78, 5) is 15.7. The van der Waals surface area contributed by atoms with Crippen LogP contribution < -0.4 is 4.90 Å². The van der Waals surface area contributed by atoms with Gasteiger partial charge in [0, 0.05) is 19.8 Å². The minimum absolute atomic E-state index is 0.282. The molecule has 0 aliphatic carbocycles. The highest BCUT2D eigenvalue weighted by atomic mass is 15.3. The van der Waals surface area contributed by atoms with E-state index < -0.39 is 0 Å². The largest absolute Gasteiger partial charge is 0.347 e. The van der Waals surface area contributed by atoms with Crippen LogP contribution in [0.25, 0.3) is 11.0 Å². The summed E-state index contributed by atoms with van der Waals surface area (Å²) >= 11 is 0. The Morgan fingerprint density at radius 1 is 1.19 bits per heavy atom. The van der Waals surface area contributed by atoms with Crippen LogP contribution in [0.1, 0.15) is 24.6 Å². The molecule has 106 valence electrons. The molecule has 1 saturated heterocycles. The van der Waals surface area contributed by atoms with E-state index >= 15 is 0 Å². The Bertz CT molecular complexity index is 766. The van der Waals surface area contributed by atoms with Gasteiger partial charge in [-0.3, -0.25) is 9.67 Å². The molecule has 1 unspecified atom stereocenters. The highest BCUT2D eigenvalue weighted by Gasteiger charge is 2.29. The zero-order valence-corrected chi connectivity index (χ0v) is 11.8. The number of rotatable bonds is 2. The van der Waals surface area contributed by atoms with Crippen LogP contribution in [0.4, 0.5) is 5.82 Å². The van der Waals surface area contributed by atoms with Gasteiger partial charge < -0.3 is 4.90 Å². The Morgan fingerprint density at radius 2 is 2.14 bits per heavy atom. The second-order valence-corrected chi connectivity index (χ2v) is 5.31. The third-order valence-electron chi connectivity index (χ3n) is 4.06. The first kappa shape index (κ1) is 12.3. The average Bonchev–Trinajstić information content (AvgIpc) is 3.15. The summed E-state index contributed by atoms with van der Waals surface area (Å²) in [5.41, 5.74) is 1.97. The van der Waals surface area contributed by atoms with E-state index in [1.165, 1.54) is 0 Å². The van der Waals surface area contributed by atoms with Crippen LogP contribution in [-0.4, -0.2) is 31.3 Å². The summed E-state index contributed by atoms with van der Waals surface area (Å²) < 4.78 is 1.78. The molecular formula is C15H16N6. The molecule has 0 radical (unpaired) electrons. The summed E-state index contributed by atoms with van der Waals surface area (Å²) in [6.07, 6.45) is 7.56. The van der Waals surface area contributed by atoms with Crippen LogP contribution in [0.3, 0.4) is 0 Å². The summed E-state index contributed by atoms with van der Waals surface area (Å²) in [6.45, 7) is 0.988. The van der Waals surface area contributed by atoms with Crippen molar-refractivity contribution < 1.29 is 0 Å². The molecule has 6 nitrogen and oxygen atoms in total. The second kappa shape index (κ2) is 4.80. The van der Waals surface area contributed by atoms with Crippen molar-refractivity contribution in [1.29, 1.82) is 0 Å². The fraction of sp³-hybridized carbons (Fsp3) is 0.333. The number of hydrogen-bond acceptors (Lipinski definition) is 5. The molecule has 6 heteroatoms. The maximum absolute atomic E-state index is 4.52. The van der Waals surface area contributed by atoms with E-state index in [2.05, 4.69) is 31.0 Å². The number of pyridine rings is 1. The van der Waals surface area contributed by atoms with E-state index in [0.29, 0.717) is 0 Å². The van der Waals surface area contributed by atoms with Crippen molar-refractivity contribution in [1.82, 2.24) is 24.7 Å². The van der Waals surface area contributed by atoms with E-state index in [1.54, 1.807) is 11.0 Å². The third-order valence-corrected chi connectivity index (χ3v) is 4.06. The Hall–Kier alpha value is -2.50. The number of anilines is 1. The lowest BCUT2D eigenvalue weighted by molar-refractivity contribution is 0.689. The number of fused-ring (bicyclic) bond motifs is 1. The van der Waals surface area contributed by atoms with E-state index in [1.807, 2.05) is 31.6 Å². The zero-order chi connectivity index (χ0) is 14.2. The molecule has 4 rings (SSSR count). The summed E-state index contributed by atoms with van der Waals surface area (Å²) in [5, 5.41) is 5.30. The summed E-state index contributed by atoms with van der Waals surface area (Å²) in [7, 11) is 1.90. The van der Waals surface area contributed by atoms with Gasteiger partial charge in [-0.25, -0.2) is 9.97 Å². The zero-order valence-electron chi connectivity index (χ0n) is 11.8. The predicted molar refractivity (Wildman–Crippen MR) is 79.9 cm³/mol. The van der Waals surface area contributed by atoms with Gasteiger partial charge in [0.1, 0.15) is 12.1 Å². The minimum Gasteiger partial charge on any atom is -0.347 e. The van der Waals surface area contributed by atoms with Crippen LogP contribution in [0, 0.1) is 0 Å². The molecule has 1 fully saturated rings. The Labute approximate surface area is 122 Å². The maximum Gasteiger partial charge on any atom is 0.163 e. The van der Waals surface area contributed by atoms with E-state index in [0.717, 1.165) is 41.9 Å². The number of aromatic nitrogens is 5. The molecular weight excluding hydrogens is 264 g/mol. The normalized spacial score (nSPS) is 18.5. The average molecular weight is 280 g/mol. The highest BCUT2D eigenvalue weighted by Crippen LogP contribution is 2.36. The van der Waals surface area contributed by atoms with Crippen LogP contribution in [0.15, 0.2) is 36.9 Å². The molecule has 1 aliphatic heterocycles. The predicted octanol–water partition coefficient (Wildman–Crippen LogP) is 2.10. The van der Waals surface area contributed by atoms with E-state index in [-0.39, 0.29) is 6.04 Å². The lowest BCUT2D eigenvalue weighted by atomic mass is 10.1. The van der Waals surface area contributed by atoms with Crippen molar-refractivity contribution in [2.75, 3.05) is 11.4 Å². The van der Waals surface area contributed by atoms with Gasteiger partial charge >= 0.3 is 0 Å². The molecule has 0 amide bonds. The lowest BCUT2D eigenvalue weighted by Gasteiger charge is -2.25. The molecule has 3 aromatic heterocycles. The fourth-order valence-electron chi connectivity index (χ4n) is 3.08. The van der Waals surface area contributed by atoms with Crippen LogP contribution in [0.2, 0.25) is 0 Å². The Morgan fingerprint density at radius 3 is 3.00 bits per heavy atom. The van der Waals surface area contributed by atoms with Crippen molar-refractivity contribution >= 4 is 16.9 Å². The number of aryl methyl sites for hydroxylation is 1. The molecule has 0 N–H and O–H groups in total. The van der Waals surface area contributed by atoms with Crippen molar-refractivity contribution in [3.05, 3.63) is 42.6 Å². The van der Waals surface area contributed by atoms with Gasteiger partial charge in [-0.1, -0.05) is 6.07 Å². The highest BCUT2D eigenvalue weighted by molar-refractivity contribution is 5.86. The topological polar surface area (TPSA) is 59.7 Å². The molecule has 0 saturated carbocycles. The Balaban J connectivity index is 1.80. The second-order valence-electron chi connectivity index (χ2n) is 5.31. The number of nitrogens with zero attached hydrogens (tertiary/aromatic N) is 6. The molecule has 1 atom stereocenters. The van der Waals surface area contributed by atoms with Gasteiger partial charge in [0.05, 0.1) is 23.3 Å². The SMILES string of the molecule is Cn1ncc2c(N3CCCC3c3ccccn3)ncnc21. The van der Waals surface area contributed by atoms with Crippen LogP contribution in [0.5, 0.6) is 0 Å². The standard InChI is InChI=1S/C15H16N6/c1-20-14-11(9-19-20)15(18-10-17-14)21-8-4-6-13(21)12-5-2-3-7-16-12/h2-3,5,7,9-10,13H,4,6,8H2,1H3. The van der Waals surface area contributed by atoms with Gasteiger partial charge in [0.25, 0.3) is 0 Å².